The van der Waals surface area contributed by atoms with Crippen LogP contribution in [0.15, 0.2) is 36.4 Å². The highest BCUT2D eigenvalue weighted by Crippen LogP contribution is 2.47. The molecule has 7 heteroatoms. The van der Waals surface area contributed by atoms with Crippen LogP contribution in [0.2, 0.25) is 0 Å². The number of hydrogen-bond donors (Lipinski definition) is 0. The van der Waals surface area contributed by atoms with E-state index in [2.05, 4.69) is 0 Å². The van der Waals surface area contributed by atoms with Crippen molar-refractivity contribution in [1.29, 1.82) is 0 Å². The molecule has 0 N–H and O–H groups in total. The van der Waals surface area contributed by atoms with Crippen LogP contribution in [0.1, 0.15) is 0 Å². The number of fused-ring (bicyclic) bond motifs is 5. The van der Waals surface area contributed by atoms with Crippen LogP contribution < -0.4 is 4.90 Å². The third-order valence-electron chi connectivity index (χ3n) is 4.23. The van der Waals surface area contributed by atoms with Crippen LogP contribution in [-0.2, 0) is 14.3 Å². The first kappa shape index (κ1) is 12.2. The number of carbonyl (C=O) groups excluding carboxylic acids is 2. The Morgan fingerprint density at radius 1 is 1.05 bits per heavy atom. The van der Waals surface area contributed by atoms with E-state index < -0.39 is 40.8 Å². The minimum absolute atomic E-state index is 0.0336. The predicted octanol–water partition coefficient (Wildman–Crippen LogP) is 1.04. The average Bonchev–Trinajstić information content (AvgIpc) is 3.13. The molecule has 21 heavy (non-hydrogen) atoms. The third kappa shape index (κ3) is 1.46. The van der Waals surface area contributed by atoms with E-state index in [1.54, 1.807) is 18.2 Å². The summed E-state index contributed by atoms with van der Waals surface area (Å²) in [6.07, 6.45) is 2.76. The highest BCUT2D eigenvalue weighted by atomic mass is 16.6. The van der Waals surface area contributed by atoms with Crippen molar-refractivity contribution in [2.24, 2.45) is 11.8 Å². The van der Waals surface area contributed by atoms with E-state index in [4.69, 9.17) is 4.74 Å². The zero-order chi connectivity index (χ0) is 14.7. The normalized spacial score (nSPS) is 32.9. The first-order valence-corrected chi connectivity index (χ1v) is 6.54. The number of anilines is 1. The van der Waals surface area contributed by atoms with Crippen molar-refractivity contribution in [3.05, 3.63) is 46.5 Å². The molecule has 3 aliphatic heterocycles. The summed E-state index contributed by atoms with van der Waals surface area (Å²) in [6.45, 7) is 0. The van der Waals surface area contributed by atoms with E-state index in [1.165, 1.54) is 18.2 Å². The molecule has 1 aromatic carbocycles. The SMILES string of the molecule is O=C1[C@@H]2[C@H](C(=O)N1c1ccccc1[N+](=O)[O-])[C@H]1C=C[C@H]2O1. The monoisotopic (exact) mass is 286 g/mol. The van der Waals surface area contributed by atoms with Crippen molar-refractivity contribution in [2.75, 3.05) is 4.90 Å². The van der Waals surface area contributed by atoms with Gasteiger partial charge in [-0.3, -0.25) is 19.7 Å². The number of nitro groups is 1. The Morgan fingerprint density at radius 2 is 1.62 bits per heavy atom. The first-order valence-electron chi connectivity index (χ1n) is 6.54. The molecule has 0 spiro atoms. The maximum Gasteiger partial charge on any atom is 0.293 e. The van der Waals surface area contributed by atoms with Crippen LogP contribution in [0.5, 0.6) is 0 Å². The van der Waals surface area contributed by atoms with Crippen LogP contribution in [0, 0.1) is 22.0 Å². The summed E-state index contributed by atoms with van der Waals surface area (Å²) in [5, 5.41) is 11.1. The fraction of sp³-hybridized carbons (Fsp3) is 0.286. The van der Waals surface area contributed by atoms with Crippen molar-refractivity contribution >= 4 is 23.2 Å². The number of benzene rings is 1. The Kier molecular flexibility index (Phi) is 2.32. The zero-order valence-electron chi connectivity index (χ0n) is 10.7. The van der Waals surface area contributed by atoms with Crippen LogP contribution >= 0.6 is 0 Å². The molecule has 2 fully saturated rings. The summed E-state index contributed by atoms with van der Waals surface area (Å²) in [7, 11) is 0. The van der Waals surface area contributed by atoms with E-state index in [0.29, 0.717) is 0 Å². The van der Waals surface area contributed by atoms with Gasteiger partial charge >= 0.3 is 0 Å². The van der Waals surface area contributed by atoms with Gasteiger partial charge in [0.2, 0.25) is 11.8 Å². The molecule has 106 valence electrons. The Morgan fingerprint density at radius 3 is 2.19 bits per heavy atom. The topological polar surface area (TPSA) is 89.8 Å². The quantitative estimate of drug-likeness (QED) is 0.350. The largest absolute Gasteiger partial charge is 0.365 e. The van der Waals surface area contributed by atoms with Gasteiger partial charge in [-0.05, 0) is 6.07 Å². The van der Waals surface area contributed by atoms with Crippen LogP contribution in [-0.4, -0.2) is 28.9 Å². The maximum atomic E-state index is 12.5. The van der Waals surface area contributed by atoms with E-state index in [9.17, 15) is 19.7 Å². The Bertz CT molecular complexity index is 683. The van der Waals surface area contributed by atoms with Crippen molar-refractivity contribution in [2.45, 2.75) is 12.2 Å². The van der Waals surface area contributed by atoms with Gasteiger partial charge in [-0.15, -0.1) is 0 Å². The number of imide groups is 1. The third-order valence-corrected chi connectivity index (χ3v) is 4.23. The van der Waals surface area contributed by atoms with Crippen LogP contribution in [0.25, 0.3) is 0 Å². The summed E-state index contributed by atoms with van der Waals surface area (Å²) in [6, 6.07) is 5.78. The standard InChI is InChI=1S/C14H10N2O5/c17-13-11-9-5-6-10(21-9)12(11)14(18)15(13)7-3-1-2-4-8(7)16(19)20/h1-6,9-12H/t9-,10-,11-,12+/m1/s1. The molecule has 1 aromatic rings. The van der Waals surface area contributed by atoms with Gasteiger partial charge < -0.3 is 4.74 Å². The molecular formula is C14H10N2O5. The van der Waals surface area contributed by atoms with Crippen molar-refractivity contribution in [3.63, 3.8) is 0 Å². The minimum Gasteiger partial charge on any atom is -0.365 e. The van der Waals surface area contributed by atoms with Crippen molar-refractivity contribution < 1.29 is 19.2 Å². The number of para-hydroxylation sites is 2. The molecule has 0 unspecified atom stereocenters. The summed E-state index contributed by atoms with van der Waals surface area (Å²) in [5.41, 5.74) is -0.216. The second kappa shape index (κ2) is 3.98. The van der Waals surface area contributed by atoms with Gasteiger partial charge in [-0.25, -0.2) is 4.90 Å². The van der Waals surface area contributed by atoms with Gasteiger partial charge in [0, 0.05) is 6.07 Å². The number of hydrogen-bond acceptors (Lipinski definition) is 5. The molecule has 2 bridgehead atoms. The molecule has 0 aromatic heterocycles. The van der Waals surface area contributed by atoms with Crippen LogP contribution in [0.4, 0.5) is 11.4 Å². The molecule has 7 nitrogen and oxygen atoms in total. The minimum atomic E-state index is -0.590. The Balaban J connectivity index is 1.80. The fourth-order valence-electron chi connectivity index (χ4n) is 3.35. The number of rotatable bonds is 2. The lowest BCUT2D eigenvalue weighted by Crippen LogP contribution is -2.34. The highest BCUT2D eigenvalue weighted by molar-refractivity contribution is 6.23. The summed E-state index contributed by atoms with van der Waals surface area (Å²) >= 11 is 0. The number of carbonyl (C=O) groups is 2. The van der Waals surface area contributed by atoms with E-state index in [-0.39, 0.29) is 11.4 Å². The number of amides is 2. The molecule has 0 saturated carbocycles. The van der Waals surface area contributed by atoms with Gasteiger partial charge in [-0.2, -0.15) is 0 Å². The van der Waals surface area contributed by atoms with Gasteiger partial charge in [0.1, 0.15) is 5.69 Å². The molecule has 2 amide bonds. The Hall–Kier alpha value is -2.54. The summed E-state index contributed by atoms with van der Waals surface area (Å²) in [5.74, 6) is -1.97. The molecule has 3 aliphatic rings. The van der Waals surface area contributed by atoms with Gasteiger partial charge in [0.15, 0.2) is 0 Å². The molecular weight excluding hydrogens is 276 g/mol. The van der Waals surface area contributed by atoms with E-state index >= 15 is 0 Å². The van der Waals surface area contributed by atoms with Crippen molar-refractivity contribution in [3.8, 4) is 0 Å². The number of ether oxygens (including phenoxy) is 1. The van der Waals surface area contributed by atoms with Gasteiger partial charge in [0.05, 0.1) is 29.0 Å². The molecule has 4 atom stereocenters. The maximum absolute atomic E-state index is 12.5. The summed E-state index contributed by atoms with van der Waals surface area (Å²) in [4.78, 5) is 36.5. The molecule has 0 aliphatic carbocycles. The Labute approximate surface area is 118 Å². The number of nitrogens with zero attached hydrogens (tertiary/aromatic N) is 2. The molecule has 4 rings (SSSR count). The highest BCUT2D eigenvalue weighted by Gasteiger charge is 2.61. The van der Waals surface area contributed by atoms with E-state index in [1.807, 2.05) is 0 Å². The molecule has 0 radical (unpaired) electrons. The fourth-order valence-corrected chi connectivity index (χ4v) is 3.35. The second-order valence-corrected chi connectivity index (χ2v) is 5.26. The molecule has 3 heterocycles. The smallest absolute Gasteiger partial charge is 0.293 e. The van der Waals surface area contributed by atoms with Crippen LogP contribution in [0.3, 0.4) is 0 Å². The number of nitro benzene ring substituents is 1. The lowest BCUT2D eigenvalue weighted by Gasteiger charge is -2.17. The van der Waals surface area contributed by atoms with Gasteiger partial charge in [-0.1, -0.05) is 24.3 Å². The first-order chi connectivity index (χ1) is 10.1. The average molecular weight is 286 g/mol. The van der Waals surface area contributed by atoms with E-state index in [0.717, 1.165) is 4.90 Å². The lowest BCUT2D eigenvalue weighted by molar-refractivity contribution is -0.384. The summed E-state index contributed by atoms with van der Waals surface area (Å²) < 4.78 is 5.53. The zero-order valence-corrected chi connectivity index (χ0v) is 10.7. The predicted molar refractivity (Wildman–Crippen MR) is 70.4 cm³/mol. The lowest BCUT2D eigenvalue weighted by atomic mass is 9.85. The molecule has 2 saturated heterocycles. The van der Waals surface area contributed by atoms with Gasteiger partial charge in [0.25, 0.3) is 5.69 Å². The second-order valence-electron chi connectivity index (χ2n) is 5.26. The van der Waals surface area contributed by atoms with Crippen molar-refractivity contribution in [1.82, 2.24) is 0 Å².